The number of nitrogens with zero attached hydrogens (tertiary/aromatic N) is 3. The van der Waals surface area contributed by atoms with Gasteiger partial charge in [-0.25, -0.2) is 9.98 Å². The second kappa shape index (κ2) is 11.8. The second-order valence-electron chi connectivity index (χ2n) is 8.00. The number of nitrogens with one attached hydrogen (secondary N) is 2. The summed E-state index contributed by atoms with van der Waals surface area (Å²) in [7, 11) is 0. The van der Waals surface area contributed by atoms with Gasteiger partial charge in [0.05, 0.1) is 13.2 Å². The molecule has 1 aliphatic carbocycles. The van der Waals surface area contributed by atoms with Crippen molar-refractivity contribution in [2.75, 3.05) is 26.2 Å². The predicted molar refractivity (Wildman–Crippen MR) is 126 cm³/mol. The normalized spacial score (nSPS) is 18.6. The standard InChI is InChI=1S/C21H35N5O.HI/c1-4-22-21(25-19-9-11-26(12-10-19)16(2)3)24-14-18-7-8-20(23-13-18)27-15-17-5-6-17;/h7-8,13,16-17,19H,4-6,9-12,14-15H2,1-3H3,(H2,22,24,25);1H. The third kappa shape index (κ3) is 7.73. The van der Waals surface area contributed by atoms with Crippen LogP contribution in [0.25, 0.3) is 0 Å². The number of likely N-dealkylation sites (tertiary alicyclic amines) is 1. The van der Waals surface area contributed by atoms with E-state index in [1.165, 1.54) is 12.8 Å². The highest BCUT2D eigenvalue weighted by Gasteiger charge is 2.22. The first-order chi connectivity index (χ1) is 13.1. The van der Waals surface area contributed by atoms with Crippen LogP contribution in [0.5, 0.6) is 5.88 Å². The van der Waals surface area contributed by atoms with Crippen LogP contribution < -0.4 is 15.4 Å². The maximum atomic E-state index is 5.70. The summed E-state index contributed by atoms with van der Waals surface area (Å²) in [5.41, 5.74) is 1.10. The summed E-state index contributed by atoms with van der Waals surface area (Å²) in [6.07, 6.45) is 6.79. The third-order valence-electron chi connectivity index (χ3n) is 5.33. The van der Waals surface area contributed by atoms with Crippen molar-refractivity contribution in [1.82, 2.24) is 20.5 Å². The Bertz CT molecular complexity index is 595. The minimum absolute atomic E-state index is 0. The van der Waals surface area contributed by atoms with Crippen molar-refractivity contribution in [3.63, 3.8) is 0 Å². The number of ether oxygens (including phenoxy) is 1. The zero-order valence-corrected chi connectivity index (χ0v) is 19.8. The van der Waals surface area contributed by atoms with Crippen molar-refractivity contribution in [1.29, 1.82) is 0 Å². The third-order valence-corrected chi connectivity index (χ3v) is 5.33. The summed E-state index contributed by atoms with van der Waals surface area (Å²) in [5.74, 6) is 2.36. The zero-order valence-electron chi connectivity index (χ0n) is 17.5. The summed E-state index contributed by atoms with van der Waals surface area (Å²) in [5, 5.41) is 6.97. The lowest BCUT2D eigenvalue weighted by atomic mass is 10.0. The van der Waals surface area contributed by atoms with Crippen molar-refractivity contribution in [2.24, 2.45) is 10.9 Å². The Labute approximate surface area is 186 Å². The number of pyridine rings is 1. The molecule has 2 fully saturated rings. The van der Waals surface area contributed by atoms with Crippen LogP contribution in [0.1, 0.15) is 52.0 Å². The van der Waals surface area contributed by atoms with Gasteiger partial charge >= 0.3 is 0 Å². The molecule has 0 radical (unpaired) electrons. The van der Waals surface area contributed by atoms with Gasteiger partial charge in [0.1, 0.15) is 0 Å². The Morgan fingerprint density at radius 1 is 1.25 bits per heavy atom. The van der Waals surface area contributed by atoms with E-state index >= 15 is 0 Å². The van der Waals surface area contributed by atoms with E-state index in [2.05, 4.69) is 47.4 Å². The molecule has 0 aromatic carbocycles. The highest BCUT2D eigenvalue weighted by atomic mass is 127. The van der Waals surface area contributed by atoms with Crippen LogP contribution in [0.4, 0.5) is 0 Å². The molecule has 6 nitrogen and oxygen atoms in total. The van der Waals surface area contributed by atoms with E-state index in [0.29, 0.717) is 18.6 Å². The molecule has 1 aromatic rings. The maximum absolute atomic E-state index is 5.70. The number of guanidine groups is 1. The lowest BCUT2D eigenvalue weighted by molar-refractivity contribution is 0.167. The Balaban J connectivity index is 0.00000280. The van der Waals surface area contributed by atoms with Crippen LogP contribution in [-0.4, -0.2) is 54.2 Å². The molecular weight excluding hydrogens is 465 g/mol. The Morgan fingerprint density at radius 3 is 2.57 bits per heavy atom. The fraction of sp³-hybridized carbons (Fsp3) is 0.714. The molecule has 0 atom stereocenters. The zero-order chi connectivity index (χ0) is 19.1. The summed E-state index contributed by atoms with van der Waals surface area (Å²) in [4.78, 5) is 11.7. The van der Waals surface area contributed by atoms with Gasteiger partial charge in [-0.1, -0.05) is 6.07 Å². The van der Waals surface area contributed by atoms with Gasteiger partial charge in [0.25, 0.3) is 0 Å². The van der Waals surface area contributed by atoms with Gasteiger partial charge in [0.15, 0.2) is 5.96 Å². The van der Waals surface area contributed by atoms with E-state index in [-0.39, 0.29) is 24.0 Å². The summed E-state index contributed by atoms with van der Waals surface area (Å²) < 4.78 is 5.70. The number of aliphatic imine (C=N–C) groups is 1. The molecule has 0 bridgehead atoms. The van der Waals surface area contributed by atoms with Gasteiger partial charge in [-0.15, -0.1) is 24.0 Å². The Hall–Kier alpha value is -1.09. The van der Waals surface area contributed by atoms with Gasteiger partial charge in [-0.2, -0.15) is 0 Å². The number of halogens is 1. The molecule has 28 heavy (non-hydrogen) atoms. The van der Waals surface area contributed by atoms with E-state index in [1.54, 1.807) is 0 Å². The molecule has 1 saturated heterocycles. The largest absolute Gasteiger partial charge is 0.477 e. The highest BCUT2D eigenvalue weighted by molar-refractivity contribution is 14.0. The van der Waals surface area contributed by atoms with Gasteiger partial charge < -0.3 is 20.3 Å². The molecule has 1 saturated carbocycles. The number of aromatic nitrogens is 1. The topological polar surface area (TPSA) is 61.8 Å². The van der Waals surface area contributed by atoms with Crippen LogP contribution >= 0.6 is 24.0 Å². The molecule has 1 aliphatic heterocycles. The number of hydrogen-bond donors (Lipinski definition) is 2. The fourth-order valence-electron chi connectivity index (χ4n) is 3.32. The van der Waals surface area contributed by atoms with E-state index in [4.69, 9.17) is 9.73 Å². The quantitative estimate of drug-likeness (QED) is 0.325. The molecule has 3 rings (SSSR count). The Morgan fingerprint density at radius 2 is 2.00 bits per heavy atom. The first kappa shape index (κ1) is 23.2. The highest BCUT2D eigenvalue weighted by Crippen LogP contribution is 2.29. The van der Waals surface area contributed by atoms with Crippen LogP contribution in [0.15, 0.2) is 23.3 Å². The number of rotatable bonds is 8. The number of hydrogen-bond acceptors (Lipinski definition) is 4. The predicted octanol–water partition coefficient (Wildman–Crippen LogP) is 3.42. The average molecular weight is 501 g/mol. The van der Waals surface area contributed by atoms with Crippen LogP contribution in [0, 0.1) is 5.92 Å². The fourth-order valence-corrected chi connectivity index (χ4v) is 3.32. The minimum atomic E-state index is 0. The van der Waals surface area contributed by atoms with Crippen molar-refractivity contribution in [3.05, 3.63) is 23.9 Å². The van der Waals surface area contributed by atoms with Gasteiger partial charge in [0.2, 0.25) is 5.88 Å². The van der Waals surface area contributed by atoms with Crippen molar-refractivity contribution in [2.45, 2.75) is 65.1 Å². The van der Waals surface area contributed by atoms with E-state index in [0.717, 1.165) is 62.4 Å². The van der Waals surface area contributed by atoms with Gasteiger partial charge in [-0.05, 0) is 57.9 Å². The molecule has 158 valence electrons. The average Bonchev–Trinajstić information content (AvgIpc) is 3.50. The molecule has 2 N–H and O–H groups in total. The SMILES string of the molecule is CCNC(=NCc1ccc(OCC2CC2)nc1)NC1CCN(C(C)C)CC1.I. The van der Waals surface area contributed by atoms with Crippen LogP contribution in [0.2, 0.25) is 0 Å². The number of piperidine rings is 1. The summed E-state index contributed by atoms with van der Waals surface area (Å²) in [6.45, 7) is 11.2. The monoisotopic (exact) mass is 501 g/mol. The van der Waals surface area contributed by atoms with E-state index < -0.39 is 0 Å². The first-order valence-electron chi connectivity index (χ1n) is 10.5. The van der Waals surface area contributed by atoms with Crippen LogP contribution in [0.3, 0.4) is 0 Å². The second-order valence-corrected chi connectivity index (χ2v) is 8.00. The van der Waals surface area contributed by atoms with Crippen molar-refractivity contribution >= 4 is 29.9 Å². The first-order valence-corrected chi connectivity index (χ1v) is 10.5. The lowest BCUT2D eigenvalue weighted by Gasteiger charge is -2.35. The van der Waals surface area contributed by atoms with E-state index in [1.807, 2.05) is 12.3 Å². The van der Waals surface area contributed by atoms with E-state index in [9.17, 15) is 0 Å². The lowest BCUT2D eigenvalue weighted by Crippen LogP contribution is -2.49. The van der Waals surface area contributed by atoms with Crippen LogP contribution in [-0.2, 0) is 6.54 Å². The molecule has 2 aliphatic rings. The molecule has 0 spiro atoms. The van der Waals surface area contributed by atoms with Gasteiger partial charge in [0, 0.05) is 44.0 Å². The maximum Gasteiger partial charge on any atom is 0.213 e. The minimum Gasteiger partial charge on any atom is -0.477 e. The van der Waals surface area contributed by atoms with Gasteiger partial charge in [-0.3, -0.25) is 0 Å². The molecule has 0 unspecified atom stereocenters. The summed E-state index contributed by atoms with van der Waals surface area (Å²) >= 11 is 0. The molecular formula is C21H36IN5O. The molecule has 2 heterocycles. The smallest absolute Gasteiger partial charge is 0.213 e. The van der Waals surface area contributed by atoms with Crippen molar-refractivity contribution in [3.8, 4) is 5.88 Å². The summed E-state index contributed by atoms with van der Waals surface area (Å²) in [6, 6.07) is 5.14. The van der Waals surface area contributed by atoms with Crippen molar-refractivity contribution < 1.29 is 4.74 Å². The molecule has 7 heteroatoms. The Kier molecular flexibility index (Phi) is 9.77. The molecule has 1 aromatic heterocycles. The molecule has 0 amide bonds.